The highest BCUT2D eigenvalue weighted by Crippen LogP contribution is 2.34. The summed E-state index contributed by atoms with van der Waals surface area (Å²) >= 11 is 0. The first-order valence-electron chi connectivity index (χ1n) is 8.74. The Kier molecular flexibility index (Phi) is 5.77. The van der Waals surface area contributed by atoms with E-state index in [-0.39, 0.29) is 18.2 Å². The second-order valence-electron chi connectivity index (χ2n) is 6.50. The van der Waals surface area contributed by atoms with Gasteiger partial charge < -0.3 is 11.1 Å². The van der Waals surface area contributed by atoms with Crippen molar-refractivity contribution in [2.45, 2.75) is 25.4 Å². The Balaban J connectivity index is 1.67. The SMILES string of the molecule is NC(=CC(=Nc1ccc(NC(=O)Cc2ccccn2)cc1)C1CC1)C(F)(F)F. The van der Waals surface area contributed by atoms with E-state index >= 15 is 0 Å². The molecular weight excluding hydrogens is 369 g/mol. The minimum atomic E-state index is -4.57. The number of amides is 1. The molecule has 0 saturated heterocycles. The molecule has 3 N–H and O–H groups in total. The fraction of sp³-hybridized carbons (Fsp3) is 0.250. The zero-order chi connectivity index (χ0) is 20.1. The van der Waals surface area contributed by atoms with Gasteiger partial charge in [-0.3, -0.25) is 14.8 Å². The standard InChI is InChI=1S/C20H19F3N4O/c21-20(22,23)18(24)12-17(13-4-5-13)26-14-6-8-15(9-7-14)27-19(28)11-16-3-1-2-10-25-16/h1-3,6-10,12-13H,4-5,11,24H2,(H,27,28). The van der Waals surface area contributed by atoms with Gasteiger partial charge in [0.25, 0.3) is 0 Å². The maximum atomic E-state index is 12.7. The van der Waals surface area contributed by atoms with E-state index in [0.29, 0.717) is 22.8 Å². The third kappa shape index (κ3) is 5.67. The molecule has 1 aromatic carbocycles. The van der Waals surface area contributed by atoms with Crippen molar-refractivity contribution < 1.29 is 18.0 Å². The van der Waals surface area contributed by atoms with E-state index in [1.807, 2.05) is 0 Å². The summed E-state index contributed by atoms with van der Waals surface area (Å²) in [6, 6.07) is 11.9. The number of benzene rings is 1. The number of pyridine rings is 1. The van der Waals surface area contributed by atoms with Crippen LogP contribution in [0.15, 0.2) is 65.4 Å². The topological polar surface area (TPSA) is 80.4 Å². The molecule has 3 rings (SSSR count). The van der Waals surface area contributed by atoms with Crippen molar-refractivity contribution in [3.8, 4) is 0 Å². The largest absolute Gasteiger partial charge is 0.430 e. The molecule has 2 aromatic rings. The van der Waals surface area contributed by atoms with Crippen LogP contribution in [0.5, 0.6) is 0 Å². The molecule has 0 atom stereocenters. The second-order valence-corrected chi connectivity index (χ2v) is 6.50. The summed E-state index contributed by atoms with van der Waals surface area (Å²) in [5.41, 5.74) is 6.00. The number of nitrogens with zero attached hydrogens (tertiary/aromatic N) is 2. The van der Waals surface area contributed by atoms with Gasteiger partial charge in [-0.25, -0.2) is 0 Å². The van der Waals surface area contributed by atoms with Gasteiger partial charge in [0.05, 0.1) is 12.1 Å². The highest BCUT2D eigenvalue weighted by Gasteiger charge is 2.34. The third-order valence-corrected chi connectivity index (χ3v) is 4.10. The molecule has 5 nitrogen and oxygen atoms in total. The van der Waals surface area contributed by atoms with Crippen LogP contribution >= 0.6 is 0 Å². The number of hydrogen-bond donors (Lipinski definition) is 2. The third-order valence-electron chi connectivity index (χ3n) is 4.10. The second kappa shape index (κ2) is 8.24. The number of halogens is 3. The van der Waals surface area contributed by atoms with Crippen LogP contribution in [0.2, 0.25) is 0 Å². The summed E-state index contributed by atoms with van der Waals surface area (Å²) in [7, 11) is 0. The number of aromatic nitrogens is 1. The van der Waals surface area contributed by atoms with E-state index in [4.69, 9.17) is 5.73 Å². The average Bonchev–Trinajstić information content (AvgIpc) is 3.48. The zero-order valence-corrected chi connectivity index (χ0v) is 14.9. The summed E-state index contributed by atoms with van der Waals surface area (Å²) in [5.74, 6) is -0.215. The molecule has 0 bridgehead atoms. The number of anilines is 1. The number of hydrogen-bond acceptors (Lipinski definition) is 4. The lowest BCUT2D eigenvalue weighted by atomic mass is 10.2. The minimum Gasteiger partial charge on any atom is -0.395 e. The lowest BCUT2D eigenvalue weighted by molar-refractivity contribution is -0.115. The lowest BCUT2D eigenvalue weighted by Crippen LogP contribution is -2.21. The predicted molar refractivity (Wildman–Crippen MR) is 101 cm³/mol. The van der Waals surface area contributed by atoms with Gasteiger partial charge in [0.1, 0.15) is 5.70 Å². The van der Waals surface area contributed by atoms with E-state index in [1.54, 1.807) is 48.7 Å². The summed E-state index contributed by atoms with van der Waals surface area (Å²) in [6.07, 6.45) is -0.317. The van der Waals surface area contributed by atoms with Crippen LogP contribution in [0.1, 0.15) is 18.5 Å². The maximum Gasteiger partial charge on any atom is 0.430 e. The molecule has 146 valence electrons. The first-order valence-corrected chi connectivity index (χ1v) is 8.74. The van der Waals surface area contributed by atoms with Gasteiger partial charge in [-0.2, -0.15) is 13.2 Å². The summed E-state index contributed by atoms with van der Waals surface area (Å²) in [5, 5.41) is 2.75. The van der Waals surface area contributed by atoms with Gasteiger partial charge in [0.15, 0.2) is 0 Å². The molecule has 8 heteroatoms. The monoisotopic (exact) mass is 388 g/mol. The molecule has 0 aliphatic heterocycles. The van der Waals surface area contributed by atoms with Crippen LogP contribution in [0.4, 0.5) is 24.5 Å². The number of nitrogens with one attached hydrogen (secondary N) is 1. The maximum absolute atomic E-state index is 12.7. The van der Waals surface area contributed by atoms with Crippen molar-refractivity contribution in [2.24, 2.45) is 16.6 Å². The zero-order valence-electron chi connectivity index (χ0n) is 14.9. The van der Waals surface area contributed by atoms with E-state index in [9.17, 15) is 18.0 Å². The average molecular weight is 388 g/mol. The Bertz CT molecular complexity index is 886. The van der Waals surface area contributed by atoms with E-state index < -0.39 is 11.9 Å². The predicted octanol–water partition coefficient (Wildman–Crippen LogP) is 4.15. The Morgan fingerprint density at radius 3 is 2.50 bits per heavy atom. The Hall–Kier alpha value is -3.16. The lowest BCUT2D eigenvalue weighted by Gasteiger charge is -2.08. The van der Waals surface area contributed by atoms with Crippen molar-refractivity contribution in [1.29, 1.82) is 0 Å². The number of nitrogens with two attached hydrogens (primary N) is 1. The number of rotatable bonds is 6. The van der Waals surface area contributed by atoms with Crippen LogP contribution in [0, 0.1) is 5.92 Å². The van der Waals surface area contributed by atoms with Gasteiger partial charge in [-0.1, -0.05) is 6.07 Å². The minimum absolute atomic E-state index is 0.00125. The molecule has 28 heavy (non-hydrogen) atoms. The Labute approximate surface area is 160 Å². The quantitative estimate of drug-likeness (QED) is 0.730. The molecule has 1 heterocycles. The van der Waals surface area contributed by atoms with Crippen LogP contribution in [0.3, 0.4) is 0 Å². The van der Waals surface area contributed by atoms with Gasteiger partial charge in [-0.15, -0.1) is 0 Å². The number of carbonyl (C=O) groups excluding carboxylic acids is 1. The molecule has 1 saturated carbocycles. The van der Waals surface area contributed by atoms with Gasteiger partial charge in [0.2, 0.25) is 5.91 Å². The van der Waals surface area contributed by atoms with Crippen LogP contribution in [0.25, 0.3) is 0 Å². The van der Waals surface area contributed by atoms with Gasteiger partial charge in [0, 0.05) is 29.2 Å². The summed E-state index contributed by atoms with van der Waals surface area (Å²) < 4.78 is 38.0. The first kappa shape index (κ1) is 19.6. The molecule has 1 amide bonds. The highest BCUT2D eigenvalue weighted by molar-refractivity contribution is 6.00. The van der Waals surface area contributed by atoms with Crippen LogP contribution in [-0.2, 0) is 11.2 Å². The van der Waals surface area contributed by atoms with E-state index in [0.717, 1.165) is 18.9 Å². The van der Waals surface area contributed by atoms with Crippen molar-refractivity contribution in [2.75, 3.05) is 5.32 Å². The highest BCUT2D eigenvalue weighted by atomic mass is 19.4. The molecule has 0 unspecified atom stereocenters. The Morgan fingerprint density at radius 2 is 1.93 bits per heavy atom. The van der Waals surface area contributed by atoms with Crippen LogP contribution < -0.4 is 11.1 Å². The van der Waals surface area contributed by atoms with Crippen LogP contribution in [-0.4, -0.2) is 22.8 Å². The fourth-order valence-corrected chi connectivity index (χ4v) is 2.50. The molecule has 1 fully saturated rings. The summed E-state index contributed by atoms with van der Waals surface area (Å²) in [6.45, 7) is 0. The molecule has 0 radical (unpaired) electrons. The number of carbonyl (C=O) groups is 1. The molecule has 1 aliphatic carbocycles. The summed E-state index contributed by atoms with van der Waals surface area (Å²) in [4.78, 5) is 20.4. The Morgan fingerprint density at radius 1 is 1.21 bits per heavy atom. The molecule has 0 spiro atoms. The molecule has 1 aromatic heterocycles. The van der Waals surface area contributed by atoms with Crippen molar-refractivity contribution in [1.82, 2.24) is 4.98 Å². The van der Waals surface area contributed by atoms with Gasteiger partial charge >= 0.3 is 6.18 Å². The normalized spacial score (nSPS) is 15.4. The first-order chi connectivity index (χ1) is 13.3. The fourth-order valence-electron chi connectivity index (χ4n) is 2.50. The van der Waals surface area contributed by atoms with E-state index in [2.05, 4.69) is 15.3 Å². The number of allylic oxidation sites excluding steroid dienone is 2. The number of aliphatic imine (C=N–C) groups is 1. The number of alkyl halides is 3. The smallest absolute Gasteiger partial charge is 0.395 e. The van der Waals surface area contributed by atoms with E-state index in [1.165, 1.54) is 0 Å². The molecular formula is C20H19F3N4O. The molecule has 1 aliphatic rings. The van der Waals surface area contributed by atoms with Gasteiger partial charge in [-0.05, 0) is 55.3 Å². The van der Waals surface area contributed by atoms with Crippen molar-refractivity contribution in [3.05, 3.63) is 66.1 Å². The van der Waals surface area contributed by atoms with Crippen molar-refractivity contribution in [3.63, 3.8) is 0 Å². The van der Waals surface area contributed by atoms with Crippen molar-refractivity contribution >= 4 is 23.0 Å².